The fourth-order valence-electron chi connectivity index (χ4n) is 2.62. The summed E-state index contributed by atoms with van der Waals surface area (Å²) in [7, 11) is -3.84. The zero-order valence-electron chi connectivity index (χ0n) is 12.3. The zero-order valence-corrected chi connectivity index (χ0v) is 13.1. The van der Waals surface area contributed by atoms with E-state index in [1.165, 1.54) is 12.1 Å². The van der Waals surface area contributed by atoms with Gasteiger partial charge in [-0.1, -0.05) is 17.7 Å². The van der Waals surface area contributed by atoms with Crippen molar-refractivity contribution < 1.29 is 25.8 Å². The Balaban J connectivity index is 1.87. The lowest BCUT2D eigenvalue weighted by Crippen LogP contribution is -2.29. The van der Waals surface area contributed by atoms with Gasteiger partial charge in [0.05, 0.1) is 17.4 Å². The van der Waals surface area contributed by atoms with Crippen LogP contribution in [-0.4, -0.2) is 21.2 Å². The molecule has 22 heavy (non-hydrogen) atoms. The molecule has 0 bridgehead atoms. The van der Waals surface area contributed by atoms with Crippen molar-refractivity contribution >= 4 is 10.1 Å². The first-order chi connectivity index (χ1) is 10.2. The van der Waals surface area contributed by atoms with Crippen LogP contribution in [0.5, 0.6) is 0 Å². The molecule has 1 fully saturated rings. The molecule has 0 spiro atoms. The van der Waals surface area contributed by atoms with E-state index in [0.29, 0.717) is 12.8 Å². The summed E-state index contributed by atoms with van der Waals surface area (Å²) in [5.41, 5.74) is 0.935. The van der Waals surface area contributed by atoms with Gasteiger partial charge in [0.15, 0.2) is 0 Å². The van der Waals surface area contributed by atoms with E-state index in [9.17, 15) is 21.6 Å². The molecular weight excluding hydrogens is 317 g/mol. The van der Waals surface area contributed by atoms with Crippen molar-refractivity contribution in [2.75, 3.05) is 6.61 Å². The second-order valence-electron chi connectivity index (χ2n) is 5.81. The Bertz CT molecular complexity index is 585. The molecule has 0 saturated heterocycles. The van der Waals surface area contributed by atoms with Gasteiger partial charge in [-0.05, 0) is 50.7 Å². The lowest BCUT2D eigenvalue weighted by molar-refractivity contribution is -0.184. The van der Waals surface area contributed by atoms with Gasteiger partial charge in [-0.2, -0.15) is 21.6 Å². The molecule has 7 heteroatoms. The third kappa shape index (κ3) is 4.46. The van der Waals surface area contributed by atoms with Crippen LogP contribution >= 0.6 is 0 Å². The van der Waals surface area contributed by atoms with Gasteiger partial charge >= 0.3 is 6.18 Å². The third-order valence-corrected chi connectivity index (χ3v) is 5.37. The SMILES string of the molecule is Cc1ccc(S(=O)(=O)OC[C@H]2CC[C@H](C(F)(F)F)CC2)cc1. The van der Waals surface area contributed by atoms with E-state index in [0.717, 1.165) is 5.56 Å². The van der Waals surface area contributed by atoms with Gasteiger partial charge in [0.2, 0.25) is 0 Å². The molecule has 0 heterocycles. The summed E-state index contributed by atoms with van der Waals surface area (Å²) < 4.78 is 66.7. The van der Waals surface area contributed by atoms with Gasteiger partial charge in [0, 0.05) is 0 Å². The molecule has 1 aromatic carbocycles. The van der Waals surface area contributed by atoms with Gasteiger partial charge in [-0.3, -0.25) is 4.18 Å². The lowest BCUT2D eigenvalue weighted by atomic mass is 9.82. The van der Waals surface area contributed by atoms with E-state index >= 15 is 0 Å². The first-order valence-electron chi connectivity index (χ1n) is 7.21. The summed E-state index contributed by atoms with van der Waals surface area (Å²) in [5.74, 6) is -1.41. The zero-order chi connectivity index (χ0) is 16.4. The maximum absolute atomic E-state index is 12.6. The fourth-order valence-corrected chi connectivity index (χ4v) is 3.59. The highest BCUT2D eigenvalue weighted by atomic mass is 32.2. The molecule has 1 aliphatic rings. The van der Waals surface area contributed by atoms with Crippen LogP contribution in [0.3, 0.4) is 0 Å². The van der Waals surface area contributed by atoms with Crippen LogP contribution in [0, 0.1) is 18.8 Å². The van der Waals surface area contributed by atoms with Crippen LogP contribution in [-0.2, 0) is 14.3 Å². The maximum atomic E-state index is 12.6. The Morgan fingerprint density at radius 3 is 2.14 bits per heavy atom. The monoisotopic (exact) mass is 336 g/mol. The molecular formula is C15H19F3O3S. The molecule has 0 N–H and O–H groups in total. The third-order valence-electron chi connectivity index (χ3n) is 4.08. The molecule has 0 atom stereocenters. The van der Waals surface area contributed by atoms with Crippen molar-refractivity contribution in [1.82, 2.24) is 0 Å². The molecule has 1 aliphatic carbocycles. The average molecular weight is 336 g/mol. The Morgan fingerprint density at radius 1 is 1.09 bits per heavy atom. The van der Waals surface area contributed by atoms with Gasteiger partial charge in [0.25, 0.3) is 10.1 Å². The quantitative estimate of drug-likeness (QED) is 0.779. The summed E-state index contributed by atoms with van der Waals surface area (Å²) in [6.45, 7) is 1.79. The van der Waals surface area contributed by atoms with Crippen molar-refractivity contribution in [2.24, 2.45) is 11.8 Å². The number of rotatable bonds is 4. The predicted octanol–water partition coefficient (Wildman–Crippen LogP) is 4.07. The summed E-state index contributed by atoms with van der Waals surface area (Å²) in [6, 6.07) is 6.27. The number of hydrogen-bond donors (Lipinski definition) is 0. The van der Waals surface area contributed by atoms with Crippen molar-refractivity contribution in [1.29, 1.82) is 0 Å². The highest BCUT2D eigenvalue weighted by molar-refractivity contribution is 7.86. The predicted molar refractivity (Wildman–Crippen MR) is 75.8 cm³/mol. The first kappa shape index (κ1) is 17.3. The maximum Gasteiger partial charge on any atom is 0.391 e. The first-order valence-corrected chi connectivity index (χ1v) is 8.62. The fraction of sp³-hybridized carbons (Fsp3) is 0.600. The number of benzene rings is 1. The second kappa shape index (κ2) is 6.58. The molecule has 1 saturated carbocycles. The largest absolute Gasteiger partial charge is 0.391 e. The normalized spacial score (nSPS) is 23.5. The van der Waals surface area contributed by atoms with Crippen molar-refractivity contribution in [3.63, 3.8) is 0 Å². The molecule has 3 nitrogen and oxygen atoms in total. The summed E-state index contributed by atoms with van der Waals surface area (Å²) in [4.78, 5) is 0.0714. The van der Waals surface area contributed by atoms with Crippen LogP contribution in [0.25, 0.3) is 0 Å². The van der Waals surface area contributed by atoms with Gasteiger partial charge < -0.3 is 0 Å². The van der Waals surface area contributed by atoms with Crippen molar-refractivity contribution in [3.05, 3.63) is 29.8 Å². The van der Waals surface area contributed by atoms with Gasteiger partial charge in [-0.25, -0.2) is 0 Å². The van der Waals surface area contributed by atoms with Crippen molar-refractivity contribution in [2.45, 2.75) is 43.7 Å². The Hall–Kier alpha value is -1.08. The Kier molecular flexibility index (Phi) is 5.17. The Morgan fingerprint density at radius 2 is 1.64 bits per heavy atom. The van der Waals surface area contributed by atoms with Crippen LogP contribution in [0.1, 0.15) is 31.2 Å². The van der Waals surface area contributed by atoms with E-state index in [4.69, 9.17) is 4.18 Å². The molecule has 0 amide bonds. The number of halogens is 3. The molecule has 2 rings (SSSR count). The molecule has 0 unspecified atom stereocenters. The van der Waals surface area contributed by atoms with Crippen LogP contribution in [0.15, 0.2) is 29.2 Å². The molecule has 0 radical (unpaired) electrons. The lowest BCUT2D eigenvalue weighted by Gasteiger charge is -2.29. The summed E-state index contributed by atoms with van der Waals surface area (Å²) in [5, 5.41) is 0. The molecule has 1 aromatic rings. The topological polar surface area (TPSA) is 43.4 Å². The number of alkyl halides is 3. The van der Waals surface area contributed by atoms with E-state index in [2.05, 4.69) is 0 Å². The van der Waals surface area contributed by atoms with Gasteiger partial charge in [0.1, 0.15) is 0 Å². The van der Waals surface area contributed by atoms with E-state index < -0.39 is 22.2 Å². The minimum atomic E-state index is -4.15. The number of hydrogen-bond acceptors (Lipinski definition) is 3. The van der Waals surface area contributed by atoms with Crippen molar-refractivity contribution in [3.8, 4) is 0 Å². The van der Waals surface area contributed by atoms with E-state index in [-0.39, 0.29) is 30.3 Å². The summed E-state index contributed by atoms with van der Waals surface area (Å²) in [6.07, 6.45) is -3.38. The number of aryl methyl sites for hydroxylation is 1. The minimum Gasteiger partial charge on any atom is -0.266 e. The molecule has 0 aromatic heterocycles. The smallest absolute Gasteiger partial charge is 0.266 e. The van der Waals surface area contributed by atoms with Crippen LogP contribution < -0.4 is 0 Å². The molecule has 124 valence electrons. The summed E-state index contributed by atoms with van der Waals surface area (Å²) >= 11 is 0. The highest BCUT2D eigenvalue weighted by Crippen LogP contribution is 2.39. The molecule has 0 aliphatic heterocycles. The standard InChI is InChI=1S/C15H19F3O3S/c1-11-2-8-14(9-3-11)22(19,20)21-10-12-4-6-13(7-5-12)15(16,17)18/h2-3,8-9,12-13H,4-7,10H2,1H3/t12-,13-. The second-order valence-corrected chi connectivity index (χ2v) is 7.43. The van der Waals surface area contributed by atoms with Gasteiger partial charge in [-0.15, -0.1) is 0 Å². The van der Waals surface area contributed by atoms with Crippen LogP contribution in [0.2, 0.25) is 0 Å². The van der Waals surface area contributed by atoms with E-state index in [1.54, 1.807) is 12.1 Å². The average Bonchev–Trinajstić information content (AvgIpc) is 2.45. The highest BCUT2D eigenvalue weighted by Gasteiger charge is 2.41. The van der Waals surface area contributed by atoms with Crippen LogP contribution in [0.4, 0.5) is 13.2 Å². The Labute approximate surface area is 128 Å². The minimum absolute atomic E-state index is 0.0438. The van der Waals surface area contributed by atoms with E-state index in [1.807, 2.05) is 6.92 Å².